The number of hydrogen-bond acceptors (Lipinski definition) is 5. The number of ether oxygens (including phenoxy) is 1. The highest BCUT2D eigenvalue weighted by molar-refractivity contribution is 7.22. The van der Waals surface area contributed by atoms with Crippen LogP contribution in [0.4, 0.5) is 0 Å². The van der Waals surface area contributed by atoms with Crippen molar-refractivity contribution in [1.82, 2.24) is 14.5 Å². The molecule has 0 aliphatic carbocycles. The molecule has 118 valence electrons. The minimum absolute atomic E-state index is 0.399. The second kappa shape index (κ2) is 5.90. The Kier molecular flexibility index (Phi) is 3.59. The van der Waals surface area contributed by atoms with E-state index in [4.69, 9.17) is 4.74 Å². The van der Waals surface area contributed by atoms with Gasteiger partial charge in [0, 0.05) is 17.1 Å². The number of carbonyl (C=O) groups excluding carboxylic acids is 1. The lowest BCUT2D eigenvalue weighted by atomic mass is 10.2. The SMILES string of the molecule is COC(=O)c1ccc(-c2cc3ccccc3s2)n1-c1ncccn1. The highest BCUT2D eigenvalue weighted by Gasteiger charge is 2.20. The van der Waals surface area contributed by atoms with E-state index in [0.717, 1.165) is 10.6 Å². The third-order valence-electron chi connectivity index (χ3n) is 3.71. The second-order valence-corrected chi connectivity index (χ2v) is 6.21. The van der Waals surface area contributed by atoms with Crippen molar-refractivity contribution in [3.8, 4) is 16.5 Å². The number of methoxy groups -OCH3 is 1. The van der Waals surface area contributed by atoms with E-state index in [1.54, 1.807) is 40.4 Å². The van der Waals surface area contributed by atoms with Crippen LogP contribution in [0, 0.1) is 0 Å². The van der Waals surface area contributed by atoms with Gasteiger partial charge < -0.3 is 4.74 Å². The third kappa shape index (κ3) is 2.37. The van der Waals surface area contributed by atoms with Gasteiger partial charge in [-0.15, -0.1) is 11.3 Å². The molecule has 1 aromatic carbocycles. The van der Waals surface area contributed by atoms with Gasteiger partial charge in [-0.1, -0.05) is 18.2 Å². The summed E-state index contributed by atoms with van der Waals surface area (Å²) in [6, 6.07) is 15.7. The van der Waals surface area contributed by atoms with Crippen LogP contribution < -0.4 is 0 Å². The first-order valence-electron chi connectivity index (χ1n) is 7.34. The minimum atomic E-state index is -0.421. The van der Waals surface area contributed by atoms with Crippen molar-refractivity contribution in [2.75, 3.05) is 7.11 Å². The Morgan fingerprint density at radius 2 is 1.88 bits per heavy atom. The fourth-order valence-electron chi connectivity index (χ4n) is 2.62. The van der Waals surface area contributed by atoms with E-state index >= 15 is 0 Å². The van der Waals surface area contributed by atoms with Gasteiger partial charge in [0.05, 0.1) is 17.7 Å². The molecule has 0 saturated carbocycles. The molecule has 24 heavy (non-hydrogen) atoms. The van der Waals surface area contributed by atoms with Crippen LogP contribution in [0.1, 0.15) is 10.5 Å². The van der Waals surface area contributed by atoms with Gasteiger partial charge in [0.25, 0.3) is 0 Å². The van der Waals surface area contributed by atoms with Gasteiger partial charge >= 0.3 is 5.97 Å². The summed E-state index contributed by atoms with van der Waals surface area (Å²) in [7, 11) is 1.37. The Bertz CT molecular complexity index is 988. The van der Waals surface area contributed by atoms with Gasteiger partial charge in [-0.2, -0.15) is 0 Å². The number of esters is 1. The van der Waals surface area contributed by atoms with Crippen molar-refractivity contribution < 1.29 is 9.53 Å². The monoisotopic (exact) mass is 335 g/mol. The molecule has 4 rings (SSSR count). The van der Waals surface area contributed by atoms with Crippen molar-refractivity contribution in [3.05, 3.63) is 66.6 Å². The van der Waals surface area contributed by atoms with Crippen molar-refractivity contribution in [2.45, 2.75) is 0 Å². The van der Waals surface area contributed by atoms with E-state index in [1.807, 2.05) is 18.2 Å². The highest BCUT2D eigenvalue weighted by atomic mass is 32.1. The van der Waals surface area contributed by atoms with Crippen molar-refractivity contribution in [3.63, 3.8) is 0 Å². The number of benzene rings is 1. The Morgan fingerprint density at radius 3 is 2.62 bits per heavy atom. The zero-order chi connectivity index (χ0) is 16.5. The number of carbonyl (C=O) groups is 1. The van der Waals surface area contributed by atoms with E-state index in [-0.39, 0.29) is 0 Å². The van der Waals surface area contributed by atoms with Crippen LogP contribution in [0.3, 0.4) is 0 Å². The zero-order valence-corrected chi connectivity index (χ0v) is 13.7. The van der Waals surface area contributed by atoms with E-state index in [9.17, 15) is 4.79 Å². The van der Waals surface area contributed by atoms with Gasteiger partial charge in [-0.3, -0.25) is 4.57 Å². The summed E-state index contributed by atoms with van der Waals surface area (Å²) < 4.78 is 7.82. The standard InChI is InChI=1S/C18H13N3O2S/c1-23-17(22)14-8-7-13(21(14)18-19-9-4-10-20-18)16-11-12-5-2-3-6-15(12)24-16/h2-11H,1H3. The predicted octanol–water partition coefficient (Wildman–Crippen LogP) is 3.94. The highest BCUT2D eigenvalue weighted by Crippen LogP contribution is 2.35. The predicted molar refractivity (Wildman–Crippen MR) is 93.5 cm³/mol. The zero-order valence-electron chi connectivity index (χ0n) is 12.8. The first-order valence-corrected chi connectivity index (χ1v) is 8.16. The quantitative estimate of drug-likeness (QED) is 0.532. The maximum absolute atomic E-state index is 12.1. The lowest BCUT2D eigenvalue weighted by Gasteiger charge is -2.09. The van der Waals surface area contributed by atoms with Crippen LogP contribution in [0.2, 0.25) is 0 Å². The molecule has 4 aromatic rings. The maximum atomic E-state index is 12.1. The third-order valence-corrected chi connectivity index (χ3v) is 4.84. The first kappa shape index (κ1) is 14.6. The largest absolute Gasteiger partial charge is 0.464 e. The molecule has 5 nitrogen and oxygen atoms in total. The molecule has 0 amide bonds. The van der Waals surface area contributed by atoms with Gasteiger partial charge in [0.2, 0.25) is 5.95 Å². The molecule has 0 aliphatic heterocycles. The summed E-state index contributed by atoms with van der Waals surface area (Å²) in [5.41, 5.74) is 1.26. The topological polar surface area (TPSA) is 57.0 Å². The van der Waals surface area contributed by atoms with E-state index in [1.165, 1.54) is 17.2 Å². The lowest BCUT2D eigenvalue weighted by Crippen LogP contribution is -2.12. The minimum Gasteiger partial charge on any atom is -0.464 e. The van der Waals surface area contributed by atoms with Crippen LogP contribution in [-0.4, -0.2) is 27.6 Å². The summed E-state index contributed by atoms with van der Waals surface area (Å²) in [6.07, 6.45) is 3.30. The number of aromatic nitrogens is 3. The van der Waals surface area contributed by atoms with Crippen LogP contribution >= 0.6 is 11.3 Å². The average molecular weight is 335 g/mol. The Labute approximate surface area is 142 Å². The molecular weight excluding hydrogens is 322 g/mol. The molecule has 3 heterocycles. The molecule has 0 saturated heterocycles. The molecule has 3 aromatic heterocycles. The maximum Gasteiger partial charge on any atom is 0.355 e. The molecule has 0 aliphatic rings. The molecule has 0 bridgehead atoms. The normalized spacial score (nSPS) is 10.9. The van der Waals surface area contributed by atoms with Crippen molar-refractivity contribution in [2.24, 2.45) is 0 Å². The Morgan fingerprint density at radius 1 is 1.08 bits per heavy atom. The number of fused-ring (bicyclic) bond motifs is 1. The number of hydrogen-bond donors (Lipinski definition) is 0. The summed E-state index contributed by atoms with van der Waals surface area (Å²) in [5.74, 6) is 0.0187. The molecule has 0 spiro atoms. The molecule has 0 radical (unpaired) electrons. The second-order valence-electron chi connectivity index (χ2n) is 5.13. The fraction of sp³-hybridized carbons (Fsp3) is 0.0556. The van der Waals surface area contributed by atoms with Crippen LogP contribution in [-0.2, 0) is 4.74 Å². The lowest BCUT2D eigenvalue weighted by molar-refractivity contribution is 0.0591. The van der Waals surface area contributed by atoms with Gasteiger partial charge in [0.15, 0.2) is 0 Å². The average Bonchev–Trinajstić information content (AvgIpc) is 3.25. The first-order chi connectivity index (χ1) is 11.8. The Hall–Kier alpha value is -2.99. The Balaban J connectivity index is 1.95. The molecule has 0 N–H and O–H groups in total. The molecule has 0 atom stereocenters. The summed E-state index contributed by atoms with van der Waals surface area (Å²) in [4.78, 5) is 21.7. The number of rotatable bonds is 3. The summed E-state index contributed by atoms with van der Waals surface area (Å²) in [5, 5.41) is 1.17. The number of thiophene rings is 1. The fourth-order valence-corrected chi connectivity index (χ4v) is 3.70. The van der Waals surface area contributed by atoms with E-state index in [0.29, 0.717) is 11.6 Å². The summed E-state index contributed by atoms with van der Waals surface area (Å²) in [6.45, 7) is 0. The van der Waals surface area contributed by atoms with Crippen LogP contribution in [0.15, 0.2) is 60.9 Å². The van der Waals surface area contributed by atoms with Crippen molar-refractivity contribution in [1.29, 1.82) is 0 Å². The van der Waals surface area contributed by atoms with E-state index in [2.05, 4.69) is 28.2 Å². The number of nitrogens with zero attached hydrogens (tertiary/aromatic N) is 3. The van der Waals surface area contributed by atoms with Gasteiger partial charge in [-0.25, -0.2) is 14.8 Å². The van der Waals surface area contributed by atoms with Crippen LogP contribution in [0.5, 0.6) is 0 Å². The molecule has 0 fully saturated rings. The van der Waals surface area contributed by atoms with Gasteiger partial charge in [-0.05, 0) is 35.7 Å². The molecule has 6 heteroatoms. The molecular formula is C18H13N3O2S. The summed E-state index contributed by atoms with van der Waals surface area (Å²) >= 11 is 1.66. The van der Waals surface area contributed by atoms with E-state index < -0.39 is 5.97 Å². The smallest absolute Gasteiger partial charge is 0.355 e. The van der Waals surface area contributed by atoms with Gasteiger partial charge in [0.1, 0.15) is 5.69 Å². The van der Waals surface area contributed by atoms with Crippen molar-refractivity contribution >= 4 is 27.4 Å². The molecule has 0 unspecified atom stereocenters. The van der Waals surface area contributed by atoms with Crippen LogP contribution in [0.25, 0.3) is 26.6 Å².